The number of rotatable bonds is 4. The Morgan fingerprint density at radius 3 is 2.45 bits per heavy atom. The number of carboxylic acid groups (broad SMARTS) is 1. The molecule has 0 amide bonds. The molecule has 4 aromatic rings. The first-order chi connectivity index (χ1) is 14.7. The summed E-state index contributed by atoms with van der Waals surface area (Å²) < 4.78 is 41.2. The molecule has 1 N–H and O–H groups in total. The Balaban J connectivity index is 1.83. The van der Waals surface area contributed by atoms with Crippen molar-refractivity contribution in [1.29, 1.82) is 0 Å². The molecule has 0 radical (unpaired) electrons. The molecular weight excluding hydrogens is 407 g/mol. The number of para-hydroxylation sites is 1. The number of carboxylic acids is 1. The van der Waals surface area contributed by atoms with Gasteiger partial charge in [0.25, 0.3) is 0 Å². The van der Waals surface area contributed by atoms with E-state index >= 15 is 0 Å². The molecule has 0 fully saturated rings. The van der Waals surface area contributed by atoms with E-state index in [0.717, 1.165) is 23.2 Å². The first kappa shape index (κ1) is 20.5. The highest BCUT2D eigenvalue weighted by molar-refractivity contribution is 5.96. The monoisotopic (exact) mass is 425 g/mol. The van der Waals surface area contributed by atoms with Crippen molar-refractivity contribution in [3.8, 4) is 11.1 Å². The Morgan fingerprint density at radius 1 is 1.03 bits per heavy atom. The van der Waals surface area contributed by atoms with E-state index in [1.165, 1.54) is 12.1 Å². The van der Waals surface area contributed by atoms with E-state index in [1.54, 1.807) is 47.8 Å². The third-order valence-electron chi connectivity index (χ3n) is 5.17. The summed E-state index contributed by atoms with van der Waals surface area (Å²) in [6.45, 7) is 0. The van der Waals surface area contributed by atoms with Gasteiger partial charge in [0.1, 0.15) is 0 Å². The Morgan fingerprint density at radius 2 is 1.74 bits per heavy atom. The number of anilines is 2. The van der Waals surface area contributed by atoms with Crippen LogP contribution in [-0.4, -0.2) is 27.7 Å². The second-order valence-electron chi connectivity index (χ2n) is 7.14. The lowest BCUT2D eigenvalue weighted by Crippen LogP contribution is -2.15. The molecule has 8 heteroatoms. The molecule has 4 rings (SSSR count). The van der Waals surface area contributed by atoms with Crippen LogP contribution in [0.5, 0.6) is 0 Å². The van der Waals surface area contributed by atoms with E-state index < -0.39 is 17.7 Å². The zero-order valence-electron chi connectivity index (χ0n) is 16.7. The minimum absolute atomic E-state index is 0.159. The van der Waals surface area contributed by atoms with Crippen LogP contribution in [0.4, 0.5) is 24.8 Å². The zero-order valence-corrected chi connectivity index (χ0v) is 16.7. The number of hydrogen-bond donors (Lipinski definition) is 1. The lowest BCUT2D eigenvalue weighted by atomic mass is 10.0. The average Bonchev–Trinajstić information content (AvgIpc) is 3.09. The molecule has 0 aliphatic carbocycles. The highest BCUT2D eigenvalue weighted by Gasteiger charge is 2.31. The smallest absolute Gasteiger partial charge is 0.416 e. The van der Waals surface area contributed by atoms with E-state index in [4.69, 9.17) is 4.98 Å². The van der Waals surface area contributed by atoms with Crippen molar-refractivity contribution in [3.63, 3.8) is 0 Å². The van der Waals surface area contributed by atoms with E-state index in [9.17, 15) is 23.1 Å². The van der Waals surface area contributed by atoms with E-state index in [2.05, 4.69) is 0 Å². The number of nitrogens with zero attached hydrogens (tertiary/aromatic N) is 3. The molecule has 1 aromatic heterocycles. The summed E-state index contributed by atoms with van der Waals surface area (Å²) in [5.74, 6) is -0.573. The number of halogens is 3. The maximum absolute atomic E-state index is 13.1. The molecular formula is C23H18F3N3O2. The number of fused-ring (bicyclic) bond motifs is 1. The van der Waals surface area contributed by atoms with Gasteiger partial charge < -0.3 is 14.6 Å². The van der Waals surface area contributed by atoms with Crippen LogP contribution in [0.2, 0.25) is 0 Å². The quantitative estimate of drug-likeness (QED) is 0.454. The van der Waals surface area contributed by atoms with Gasteiger partial charge >= 0.3 is 12.1 Å². The molecule has 5 nitrogen and oxygen atoms in total. The Labute approximate surface area is 176 Å². The first-order valence-corrected chi connectivity index (χ1v) is 9.37. The fraction of sp³-hybridized carbons (Fsp3) is 0.130. The van der Waals surface area contributed by atoms with Crippen molar-refractivity contribution in [2.24, 2.45) is 7.05 Å². The summed E-state index contributed by atoms with van der Waals surface area (Å²) in [4.78, 5) is 17.6. The number of imidazole rings is 1. The van der Waals surface area contributed by atoms with Gasteiger partial charge in [-0.3, -0.25) is 0 Å². The average molecular weight is 425 g/mol. The molecule has 0 aliphatic heterocycles. The van der Waals surface area contributed by atoms with Crippen molar-refractivity contribution in [3.05, 3.63) is 77.9 Å². The van der Waals surface area contributed by atoms with E-state index in [0.29, 0.717) is 22.7 Å². The molecule has 0 unspecified atom stereocenters. The summed E-state index contributed by atoms with van der Waals surface area (Å²) in [5, 5.41) is 9.29. The van der Waals surface area contributed by atoms with Gasteiger partial charge in [0.2, 0.25) is 5.95 Å². The van der Waals surface area contributed by atoms with Crippen LogP contribution in [-0.2, 0) is 13.2 Å². The first-order valence-electron chi connectivity index (χ1n) is 9.37. The number of benzene rings is 3. The molecule has 0 spiro atoms. The third kappa shape index (κ3) is 3.72. The molecule has 0 atom stereocenters. The second kappa shape index (κ2) is 7.46. The van der Waals surface area contributed by atoms with E-state index in [-0.39, 0.29) is 5.56 Å². The highest BCUT2D eigenvalue weighted by Crippen LogP contribution is 2.35. The van der Waals surface area contributed by atoms with Gasteiger partial charge in [-0.25, -0.2) is 9.78 Å². The van der Waals surface area contributed by atoms with Gasteiger partial charge in [0.15, 0.2) is 0 Å². The van der Waals surface area contributed by atoms with Crippen LogP contribution in [0, 0.1) is 0 Å². The summed E-state index contributed by atoms with van der Waals surface area (Å²) in [7, 11) is 3.44. The summed E-state index contributed by atoms with van der Waals surface area (Å²) >= 11 is 0. The SMILES string of the molecule is CN(c1cccc(C(F)(F)F)c1)c1nc2c(-c3cccc(C(=O)O)c3)cccc2n1C. The number of aromatic carboxylic acids is 1. The molecule has 0 saturated heterocycles. The largest absolute Gasteiger partial charge is 0.478 e. The number of aryl methyl sites for hydroxylation is 1. The van der Waals surface area contributed by atoms with Gasteiger partial charge in [-0.2, -0.15) is 13.2 Å². The molecule has 1 heterocycles. The van der Waals surface area contributed by atoms with Crippen LogP contribution in [0.25, 0.3) is 22.2 Å². The topological polar surface area (TPSA) is 58.4 Å². The van der Waals surface area contributed by atoms with Crippen molar-refractivity contribution in [2.75, 3.05) is 11.9 Å². The van der Waals surface area contributed by atoms with Gasteiger partial charge in [0.05, 0.1) is 22.2 Å². The maximum atomic E-state index is 13.1. The predicted octanol–water partition coefficient (Wildman–Crippen LogP) is 5.73. The maximum Gasteiger partial charge on any atom is 0.416 e. The predicted molar refractivity (Wildman–Crippen MR) is 113 cm³/mol. The Hall–Kier alpha value is -3.81. The minimum atomic E-state index is -4.44. The Kier molecular flexibility index (Phi) is 4.93. The molecule has 158 valence electrons. The van der Waals surface area contributed by atoms with Crippen molar-refractivity contribution >= 4 is 28.6 Å². The lowest BCUT2D eigenvalue weighted by molar-refractivity contribution is -0.137. The summed E-state index contributed by atoms with van der Waals surface area (Å²) in [6, 6.07) is 17.1. The standard InChI is InChI=1S/C23H18F3N3O2/c1-28(17-9-4-8-16(13-17)23(24,25)26)22-27-20-18(10-5-11-19(20)29(22)2)14-6-3-7-15(12-14)21(30)31/h3-13H,1-2H3,(H,30,31). The van der Waals surface area contributed by atoms with Crippen LogP contribution in [0.1, 0.15) is 15.9 Å². The fourth-order valence-corrected chi connectivity index (χ4v) is 3.56. The molecule has 3 aromatic carbocycles. The van der Waals surface area contributed by atoms with Crippen LogP contribution in [0.15, 0.2) is 66.7 Å². The minimum Gasteiger partial charge on any atom is -0.478 e. The highest BCUT2D eigenvalue weighted by atomic mass is 19.4. The van der Waals surface area contributed by atoms with Crippen molar-refractivity contribution < 1.29 is 23.1 Å². The van der Waals surface area contributed by atoms with Crippen LogP contribution < -0.4 is 4.90 Å². The molecule has 31 heavy (non-hydrogen) atoms. The van der Waals surface area contributed by atoms with Crippen molar-refractivity contribution in [2.45, 2.75) is 6.18 Å². The fourth-order valence-electron chi connectivity index (χ4n) is 3.56. The van der Waals surface area contributed by atoms with Crippen LogP contribution in [0.3, 0.4) is 0 Å². The number of aromatic nitrogens is 2. The summed E-state index contributed by atoms with van der Waals surface area (Å²) in [6.07, 6.45) is -4.44. The van der Waals surface area contributed by atoms with Gasteiger partial charge in [-0.1, -0.05) is 30.3 Å². The third-order valence-corrected chi connectivity index (χ3v) is 5.17. The summed E-state index contributed by atoms with van der Waals surface area (Å²) in [5.41, 5.74) is 2.60. The molecule has 0 aliphatic rings. The second-order valence-corrected chi connectivity index (χ2v) is 7.14. The van der Waals surface area contributed by atoms with Gasteiger partial charge in [0, 0.05) is 25.3 Å². The normalized spacial score (nSPS) is 11.6. The van der Waals surface area contributed by atoms with Gasteiger partial charge in [-0.05, 0) is 42.0 Å². The van der Waals surface area contributed by atoms with Gasteiger partial charge in [-0.15, -0.1) is 0 Å². The molecule has 0 bridgehead atoms. The van der Waals surface area contributed by atoms with Crippen molar-refractivity contribution in [1.82, 2.24) is 9.55 Å². The lowest BCUT2D eigenvalue weighted by Gasteiger charge is -2.19. The Bertz CT molecular complexity index is 1290. The zero-order chi connectivity index (χ0) is 22.3. The molecule has 0 saturated carbocycles. The number of carbonyl (C=O) groups is 1. The number of hydrogen-bond acceptors (Lipinski definition) is 3. The number of alkyl halides is 3. The van der Waals surface area contributed by atoms with Crippen LogP contribution >= 0.6 is 0 Å². The van der Waals surface area contributed by atoms with E-state index in [1.807, 2.05) is 18.2 Å².